The van der Waals surface area contributed by atoms with Crippen molar-refractivity contribution in [2.24, 2.45) is 0 Å². The van der Waals surface area contributed by atoms with Crippen molar-refractivity contribution in [3.8, 4) is 0 Å². The first-order chi connectivity index (χ1) is 17.6. The number of hydrogen-bond acceptors (Lipinski definition) is 4. The van der Waals surface area contributed by atoms with Gasteiger partial charge in [0.2, 0.25) is 11.8 Å². The van der Waals surface area contributed by atoms with E-state index in [0.29, 0.717) is 22.2 Å². The lowest BCUT2D eigenvalue weighted by atomic mass is 10.1. The van der Waals surface area contributed by atoms with Gasteiger partial charge < -0.3 is 10.2 Å². The van der Waals surface area contributed by atoms with Gasteiger partial charge in [-0.1, -0.05) is 71.2 Å². The van der Waals surface area contributed by atoms with Gasteiger partial charge in [-0.05, 0) is 55.8 Å². The molecule has 196 valence electrons. The molecule has 0 spiro atoms. The van der Waals surface area contributed by atoms with Gasteiger partial charge in [0.1, 0.15) is 12.6 Å². The lowest BCUT2D eigenvalue weighted by molar-refractivity contribution is -0.139. The fourth-order valence-electron chi connectivity index (χ4n) is 3.63. The quantitative estimate of drug-likeness (QED) is 0.347. The third-order valence-electron chi connectivity index (χ3n) is 5.59. The van der Waals surface area contributed by atoms with Crippen LogP contribution in [0.1, 0.15) is 19.4 Å². The summed E-state index contributed by atoms with van der Waals surface area (Å²) in [5.74, 6) is -0.990. The summed E-state index contributed by atoms with van der Waals surface area (Å²) in [6, 6.07) is 18.1. The summed E-state index contributed by atoms with van der Waals surface area (Å²) in [6.45, 7) is 3.11. The molecule has 1 N–H and O–H groups in total. The van der Waals surface area contributed by atoms with Crippen LogP contribution in [0.3, 0.4) is 0 Å². The Morgan fingerprint density at radius 2 is 1.54 bits per heavy atom. The number of sulfonamides is 1. The third-order valence-corrected chi connectivity index (χ3v) is 8.42. The number of likely N-dealkylation sites (N-methyl/N-ethyl adjacent to an activating group) is 1. The van der Waals surface area contributed by atoms with E-state index in [0.717, 1.165) is 4.31 Å². The monoisotopic (exact) mass is 581 g/mol. The fraction of sp³-hybridized carbons (Fsp3) is 0.231. The van der Waals surface area contributed by atoms with Gasteiger partial charge in [0, 0.05) is 13.1 Å². The van der Waals surface area contributed by atoms with Crippen molar-refractivity contribution < 1.29 is 18.0 Å². The Kier molecular flexibility index (Phi) is 9.84. The molecule has 1 atom stereocenters. The predicted octanol–water partition coefficient (Wildman–Crippen LogP) is 5.40. The van der Waals surface area contributed by atoms with Crippen LogP contribution in [0, 0.1) is 0 Å². The summed E-state index contributed by atoms with van der Waals surface area (Å²) < 4.78 is 28.3. The van der Waals surface area contributed by atoms with Crippen molar-refractivity contribution >= 4 is 62.3 Å². The molecule has 2 amide bonds. The van der Waals surface area contributed by atoms with Crippen LogP contribution in [-0.2, 0) is 26.2 Å². The summed E-state index contributed by atoms with van der Waals surface area (Å²) >= 11 is 18.6. The molecular formula is C26H26Cl3N3O4S. The third kappa shape index (κ3) is 6.96. The molecule has 0 aliphatic carbocycles. The van der Waals surface area contributed by atoms with Crippen molar-refractivity contribution in [3.63, 3.8) is 0 Å². The fourth-order valence-corrected chi connectivity index (χ4v) is 5.69. The number of nitrogens with zero attached hydrogens (tertiary/aromatic N) is 2. The van der Waals surface area contributed by atoms with Crippen LogP contribution in [0.5, 0.6) is 0 Å². The number of nitrogens with one attached hydrogen (secondary N) is 1. The second-order valence-corrected chi connectivity index (χ2v) is 11.2. The van der Waals surface area contributed by atoms with Crippen LogP contribution in [0.2, 0.25) is 15.1 Å². The Morgan fingerprint density at radius 1 is 0.892 bits per heavy atom. The standard InChI is InChI=1S/C26H26Cl3N3O4S/c1-3-30-26(34)18(2)31(16-19-13-14-21(27)23(29)15-19)25(33)17-32(24-12-8-7-11-22(24)28)37(35,36)20-9-5-4-6-10-20/h4-15,18H,3,16-17H2,1-2H3,(H,30,34)/t18-/m0/s1. The van der Waals surface area contributed by atoms with Gasteiger partial charge in [0.25, 0.3) is 10.0 Å². The van der Waals surface area contributed by atoms with E-state index in [4.69, 9.17) is 34.8 Å². The van der Waals surface area contributed by atoms with E-state index in [1.807, 2.05) is 0 Å². The molecule has 37 heavy (non-hydrogen) atoms. The smallest absolute Gasteiger partial charge is 0.264 e. The Hall–Kier alpha value is -2.78. The Balaban J connectivity index is 2.04. The molecule has 0 aliphatic heterocycles. The van der Waals surface area contributed by atoms with Gasteiger partial charge in [-0.25, -0.2) is 8.42 Å². The Bertz CT molecular complexity index is 1370. The molecular weight excluding hydrogens is 557 g/mol. The maximum Gasteiger partial charge on any atom is 0.264 e. The minimum atomic E-state index is -4.18. The SMILES string of the molecule is CCNC(=O)[C@H](C)N(Cc1ccc(Cl)c(Cl)c1)C(=O)CN(c1ccccc1Cl)S(=O)(=O)c1ccccc1. The highest BCUT2D eigenvalue weighted by Gasteiger charge is 2.33. The minimum Gasteiger partial charge on any atom is -0.355 e. The van der Waals surface area contributed by atoms with Gasteiger partial charge in [0.15, 0.2) is 0 Å². The topological polar surface area (TPSA) is 86.8 Å². The van der Waals surface area contributed by atoms with Gasteiger partial charge in [-0.15, -0.1) is 0 Å². The van der Waals surface area contributed by atoms with Crippen LogP contribution >= 0.6 is 34.8 Å². The first kappa shape index (κ1) is 28.8. The second-order valence-electron chi connectivity index (χ2n) is 8.12. The number of rotatable bonds is 10. The normalized spacial score (nSPS) is 12.0. The molecule has 0 fully saturated rings. The lowest BCUT2D eigenvalue weighted by Crippen LogP contribution is -2.51. The Labute approximate surface area is 232 Å². The van der Waals surface area contributed by atoms with Crippen molar-refractivity contribution in [2.45, 2.75) is 31.3 Å². The number of anilines is 1. The highest BCUT2D eigenvalue weighted by Crippen LogP contribution is 2.31. The largest absolute Gasteiger partial charge is 0.355 e. The zero-order valence-electron chi connectivity index (χ0n) is 20.2. The van der Waals surface area contributed by atoms with E-state index >= 15 is 0 Å². The number of benzene rings is 3. The lowest BCUT2D eigenvalue weighted by Gasteiger charge is -2.32. The number of amides is 2. The number of para-hydroxylation sites is 1. The first-order valence-corrected chi connectivity index (χ1v) is 14.0. The van der Waals surface area contributed by atoms with Crippen molar-refractivity contribution in [1.82, 2.24) is 10.2 Å². The van der Waals surface area contributed by atoms with E-state index < -0.39 is 28.5 Å². The Morgan fingerprint density at radius 3 is 2.16 bits per heavy atom. The minimum absolute atomic E-state index is 0.00414. The molecule has 3 aromatic rings. The molecule has 0 heterocycles. The van der Waals surface area contributed by atoms with Gasteiger partial charge in [-0.2, -0.15) is 0 Å². The average molecular weight is 583 g/mol. The summed E-state index contributed by atoms with van der Waals surface area (Å²) in [6.07, 6.45) is 0. The highest BCUT2D eigenvalue weighted by atomic mass is 35.5. The van der Waals surface area contributed by atoms with Crippen molar-refractivity contribution in [2.75, 3.05) is 17.4 Å². The molecule has 3 rings (SSSR count). The van der Waals surface area contributed by atoms with Gasteiger partial charge in [0.05, 0.1) is 25.7 Å². The van der Waals surface area contributed by atoms with Crippen LogP contribution in [-0.4, -0.2) is 44.3 Å². The molecule has 0 unspecified atom stereocenters. The molecule has 7 nitrogen and oxygen atoms in total. The molecule has 11 heteroatoms. The molecule has 0 aromatic heterocycles. The molecule has 0 aliphatic rings. The molecule has 0 radical (unpaired) electrons. The highest BCUT2D eigenvalue weighted by molar-refractivity contribution is 7.92. The molecule has 0 saturated heterocycles. The van der Waals surface area contributed by atoms with Crippen molar-refractivity contribution in [3.05, 3.63) is 93.4 Å². The van der Waals surface area contributed by atoms with E-state index in [1.54, 1.807) is 68.4 Å². The zero-order chi connectivity index (χ0) is 27.2. The second kappa shape index (κ2) is 12.6. The van der Waals surface area contributed by atoms with Crippen LogP contribution in [0.4, 0.5) is 5.69 Å². The zero-order valence-corrected chi connectivity index (χ0v) is 23.3. The molecule has 0 saturated carbocycles. The van der Waals surface area contributed by atoms with Gasteiger partial charge in [-0.3, -0.25) is 13.9 Å². The average Bonchev–Trinajstić information content (AvgIpc) is 2.88. The van der Waals surface area contributed by atoms with E-state index in [-0.39, 0.29) is 28.1 Å². The first-order valence-electron chi connectivity index (χ1n) is 11.4. The van der Waals surface area contributed by atoms with E-state index in [1.165, 1.54) is 23.1 Å². The van der Waals surface area contributed by atoms with E-state index in [9.17, 15) is 18.0 Å². The van der Waals surface area contributed by atoms with Crippen LogP contribution < -0.4 is 9.62 Å². The van der Waals surface area contributed by atoms with Crippen LogP contribution in [0.25, 0.3) is 0 Å². The number of carbonyl (C=O) groups is 2. The summed E-state index contributed by atoms with van der Waals surface area (Å²) in [7, 11) is -4.18. The maximum atomic E-state index is 13.8. The van der Waals surface area contributed by atoms with Crippen LogP contribution in [0.15, 0.2) is 77.7 Å². The summed E-state index contributed by atoms with van der Waals surface area (Å²) in [5, 5.41) is 3.50. The van der Waals surface area contributed by atoms with Crippen molar-refractivity contribution in [1.29, 1.82) is 0 Å². The summed E-state index contributed by atoms with van der Waals surface area (Å²) in [4.78, 5) is 27.8. The summed E-state index contributed by atoms with van der Waals surface area (Å²) in [5.41, 5.74) is 0.760. The number of hydrogen-bond donors (Lipinski definition) is 1. The number of halogens is 3. The number of carbonyl (C=O) groups excluding carboxylic acids is 2. The molecule has 3 aromatic carbocycles. The molecule has 0 bridgehead atoms. The maximum absolute atomic E-state index is 13.8. The predicted molar refractivity (Wildman–Crippen MR) is 148 cm³/mol. The van der Waals surface area contributed by atoms with Gasteiger partial charge >= 0.3 is 0 Å². The van der Waals surface area contributed by atoms with E-state index in [2.05, 4.69) is 5.32 Å².